The van der Waals surface area contributed by atoms with Crippen LogP contribution >= 0.6 is 11.8 Å². The van der Waals surface area contributed by atoms with Crippen molar-refractivity contribution in [3.05, 3.63) is 34.6 Å². The molecule has 0 unspecified atom stereocenters. The maximum absolute atomic E-state index is 13.0. The van der Waals surface area contributed by atoms with Crippen molar-refractivity contribution < 1.29 is 9.53 Å². The second kappa shape index (κ2) is 10.6. The maximum Gasteiger partial charge on any atom is 0.262 e. The van der Waals surface area contributed by atoms with Crippen molar-refractivity contribution in [2.24, 2.45) is 0 Å². The largest absolute Gasteiger partial charge is 0.376 e. The first-order chi connectivity index (χ1) is 13.7. The van der Waals surface area contributed by atoms with E-state index >= 15 is 0 Å². The summed E-state index contributed by atoms with van der Waals surface area (Å²) in [6.07, 6.45) is 6.51. The number of benzene rings is 1. The van der Waals surface area contributed by atoms with Crippen LogP contribution in [0.5, 0.6) is 0 Å². The molecule has 0 spiro atoms. The Labute approximate surface area is 170 Å². The summed E-state index contributed by atoms with van der Waals surface area (Å²) >= 11 is 1.32. The van der Waals surface area contributed by atoms with Gasteiger partial charge in [0.05, 0.1) is 29.3 Å². The molecule has 7 heteroatoms. The lowest BCUT2D eigenvalue weighted by molar-refractivity contribution is -0.118. The fourth-order valence-electron chi connectivity index (χ4n) is 3.37. The molecule has 1 fully saturated rings. The van der Waals surface area contributed by atoms with E-state index in [1.54, 1.807) is 10.6 Å². The fraction of sp³-hybridized carbons (Fsp3) is 0.571. The zero-order valence-electron chi connectivity index (χ0n) is 16.5. The van der Waals surface area contributed by atoms with Crippen molar-refractivity contribution in [2.45, 2.75) is 63.3 Å². The van der Waals surface area contributed by atoms with Crippen LogP contribution in [0.2, 0.25) is 0 Å². The summed E-state index contributed by atoms with van der Waals surface area (Å²) in [5, 5.41) is 4.14. The third kappa shape index (κ3) is 5.58. The summed E-state index contributed by atoms with van der Waals surface area (Å²) in [6, 6.07) is 7.36. The highest BCUT2D eigenvalue weighted by Crippen LogP contribution is 2.20. The van der Waals surface area contributed by atoms with Crippen LogP contribution in [0.4, 0.5) is 0 Å². The second-order valence-electron chi connectivity index (χ2n) is 7.16. The number of nitrogens with one attached hydrogen (secondary N) is 1. The Hall–Kier alpha value is -1.86. The molecule has 1 aliphatic heterocycles. The summed E-state index contributed by atoms with van der Waals surface area (Å²) in [5.74, 6) is 0.233. The van der Waals surface area contributed by atoms with Gasteiger partial charge in [0, 0.05) is 13.2 Å². The number of carbonyl (C=O) groups is 1. The number of aromatic nitrogens is 2. The van der Waals surface area contributed by atoms with Gasteiger partial charge in [0.15, 0.2) is 5.16 Å². The van der Waals surface area contributed by atoms with Crippen molar-refractivity contribution in [2.75, 3.05) is 18.9 Å². The molecule has 1 aliphatic rings. The number of rotatable bonds is 10. The predicted octanol–water partition coefficient (Wildman–Crippen LogP) is 3.36. The van der Waals surface area contributed by atoms with Crippen LogP contribution in [-0.4, -0.2) is 40.5 Å². The molecule has 6 nitrogen and oxygen atoms in total. The number of para-hydroxylation sites is 1. The molecular weight excluding hydrogens is 374 g/mol. The van der Waals surface area contributed by atoms with Crippen LogP contribution in [-0.2, 0) is 16.1 Å². The van der Waals surface area contributed by atoms with Crippen LogP contribution in [0.15, 0.2) is 34.2 Å². The molecule has 1 N–H and O–H groups in total. The number of fused-ring (bicyclic) bond motifs is 1. The van der Waals surface area contributed by atoms with Gasteiger partial charge in [-0.3, -0.25) is 14.2 Å². The Morgan fingerprint density at radius 1 is 1.32 bits per heavy atom. The number of ether oxygens (including phenoxy) is 1. The SMILES string of the molecule is CCCCCCNC(=O)CSc1nc2ccccc2c(=O)n1C[C@H]1CCCO1. The first-order valence-electron chi connectivity index (χ1n) is 10.2. The van der Waals surface area contributed by atoms with Crippen LogP contribution < -0.4 is 10.9 Å². The normalized spacial score (nSPS) is 16.5. The van der Waals surface area contributed by atoms with Gasteiger partial charge in [0.2, 0.25) is 5.91 Å². The molecule has 28 heavy (non-hydrogen) atoms. The summed E-state index contributed by atoms with van der Waals surface area (Å²) in [6.45, 7) is 4.09. The van der Waals surface area contributed by atoms with Crippen molar-refractivity contribution in [3.63, 3.8) is 0 Å². The fourth-order valence-corrected chi connectivity index (χ4v) is 4.21. The second-order valence-corrected chi connectivity index (χ2v) is 8.10. The van der Waals surface area contributed by atoms with Gasteiger partial charge in [0.1, 0.15) is 0 Å². The van der Waals surface area contributed by atoms with E-state index in [4.69, 9.17) is 4.74 Å². The van der Waals surface area contributed by atoms with E-state index in [9.17, 15) is 9.59 Å². The number of nitrogens with zero attached hydrogens (tertiary/aromatic N) is 2. The van der Waals surface area contributed by atoms with Crippen LogP contribution in [0, 0.1) is 0 Å². The Kier molecular flexibility index (Phi) is 7.91. The summed E-state index contributed by atoms with van der Waals surface area (Å²) in [5.41, 5.74) is 0.599. The van der Waals surface area contributed by atoms with E-state index in [1.807, 2.05) is 18.2 Å². The minimum absolute atomic E-state index is 0.0208. The Morgan fingerprint density at radius 3 is 2.96 bits per heavy atom. The monoisotopic (exact) mass is 403 g/mol. The quantitative estimate of drug-likeness (QED) is 0.374. The zero-order valence-corrected chi connectivity index (χ0v) is 17.3. The number of unbranched alkanes of at least 4 members (excludes halogenated alkanes) is 3. The maximum atomic E-state index is 13.0. The molecule has 3 rings (SSSR count). The van der Waals surface area contributed by atoms with Gasteiger partial charge in [-0.15, -0.1) is 0 Å². The topological polar surface area (TPSA) is 73.2 Å². The standard InChI is InChI=1S/C21H29N3O3S/c1-2-3-4-7-12-22-19(25)15-28-21-23-18-11-6-5-10-17(18)20(26)24(21)14-16-9-8-13-27-16/h5-6,10-11,16H,2-4,7-9,12-15H2,1H3,(H,22,25)/t16-/m1/s1. The summed E-state index contributed by atoms with van der Waals surface area (Å²) in [7, 11) is 0. The molecule has 1 aromatic carbocycles. The van der Waals surface area contributed by atoms with Gasteiger partial charge in [-0.1, -0.05) is 50.1 Å². The molecular formula is C21H29N3O3S. The van der Waals surface area contributed by atoms with Crippen molar-refractivity contribution in [1.29, 1.82) is 0 Å². The van der Waals surface area contributed by atoms with Gasteiger partial charge in [-0.2, -0.15) is 0 Å². The predicted molar refractivity (Wildman–Crippen MR) is 113 cm³/mol. The molecule has 0 saturated carbocycles. The van der Waals surface area contributed by atoms with E-state index in [-0.39, 0.29) is 23.3 Å². The van der Waals surface area contributed by atoms with E-state index in [0.717, 1.165) is 32.3 Å². The number of carbonyl (C=O) groups excluding carboxylic acids is 1. The minimum atomic E-state index is -0.0661. The van der Waals surface area contributed by atoms with Crippen molar-refractivity contribution >= 4 is 28.6 Å². The van der Waals surface area contributed by atoms with Crippen molar-refractivity contribution in [3.8, 4) is 0 Å². The lowest BCUT2D eigenvalue weighted by Gasteiger charge is -2.16. The van der Waals surface area contributed by atoms with Crippen LogP contribution in [0.25, 0.3) is 10.9 Å². The molecule has 0 radical (unpaired) electrons. The average molecular weight is 404 g/mol. The zero-order chi connectivity index (χ0) is 19.8. The Balaban J connectivity index is 1.69. The third-order valence-electron chi connectivity index (χ3n) is 4.92. The first kappa shape index (κ1) is 20.9. The lowest BCUT2D eigenvalue weighted by atomic mass is 10.2. The summed E-state index contributed by atoms with van der Waals surface area (Å²) in [4.78, 5) is 29.9. The van der Waals surface area contributed by atoms with E-state index in [1.165, 1.54) is 24.6 Å². The van der Waals surface area contributed by atoms with Gasteiger partial charge in [0.25, 0.3) is 5.56 Å². The molecule has 2 heterocycles. The molecule has 0 bridgehead atoms. The van der Waals surface area contributed by atoms with E-state index in [2.05, 4.69) is 17.2 Å². The van der Waals surface area contributed by atoms with Gasteiger partial charge < -0.3 is 10.1 Å². The highest BCUT2D eigenvalue weighted by Gasteiger charge is 2.20. The molecule has 152 valence electrons. The van der Waals surface area contributed by atoms with Crippen molar-refractivity contribution in [1.82, 2.24) is 14.9 Å². The first-order valence-corrected chi connectivity index (χ1v) is 11.2. The molecule has 1 atom stereocenters. The number of thioether (sulfide) groups is 1. The highest BCUT2D eigenvalue weighted by molar-refractivity contribution is 7.99. The van der Waals surface area contributed by atoms with E-state index < -0.39 is 0 Å². The minimum Gasteiger partial charge on any atom is -0.376 e. The van der Waals surface area contributed by atoms with Gasteiger partial charge in [-0.25, -0.2) is 4.98 Å². The van der Waals surface area contributed by atoms with Gasteiger partial charge in [-0.05, 0) is 31.4 Å². The average Bonchev–Trinajstić information content (AvgIpc) is 3.22. The smallest absolute Gasteiger partial charge is 0.262 e. The third-order valence-corrected chi connectivity index (χ3v) is 5.90. The van der Waals surface area contributed by atoms with E-state index in [0.29, 0.717) is 29.1 Å². The number of hydrogen-bond acceptors (Lipinski definition) is 5. The molecule has 1 saturated heterocycles. The molecule has 1 amide bonds. The molecule has 2 aromatic rings. The molecule has 0 aliphatic carbocycles. The Morgan fingerprint density at radius 2 is 2.18 bits per heavy atom. The molecule has 1 aromatic heterocycles. The number of amides is 1. The highest BCUT2D eigenvalue weighted by atomic mass is 32.2. The number of hydrogen-bond donors (Lipinski definition) is 1. The lowest BCUT2D eigenvalue weighted by Crippen LogP contribution is -2.30. The van der Waals surface area contributed by atoms with Gasteiger partial charge >= 0.3 is 0 Å². The Bertz CT molecular complexity index is 846. The summed E-state index contributed by atoms with van der Waals surface area (Å²) < 4.78 is 7.39. The van der Waals surface area contributed by atoms with Crippen LogP contribution in [0.3, 0.4) is 0 Å². The van der Waals surface area contributed by atoms with Crippen LogP contribution in [0.1, 0.15) is 45.4 Å².